The number of hydrogen-bond donors (Lipinski definition) is 1. The standard InChI is InChI=1S/C19H25FN4O2.HI/c1-3-22-19(23-12-16-10-14(11-21)7-8-17(16)20)24-9-5-6-15(13-24)18(25)26-4-2;/h7-8,10,15H,3-6,9,12-13H2,1-2H3,(H,22,23);1H. The molecule has 0 spiro atoms. The Morgan fingerprint density at radius 1 is 1.48 bits per heavy atom. The van der Waals surface area contributed by atoms with Crippen LogP contribution >= 0.6 is 24.0 Å². The molecule has 1 heterocycles. The van der Waals surface area contributed by atoms with Crippen LogP contribution < -0.4 is 5.32 Å². The molecule has 1 aromatic rings. The third-order valence-corrected chi connectivity index (χ3v) is 4.25. The van der Waals surface area contributed by atoms with Gasteiger partial charge in [-0.1, -0.05) is 0 Å². The van der Waals surface area contributed by atoms with Gasteiger partial charge in [0.15, 0.2) is 5.96 Å². The molecule has 8 heteroatoms. The predicted octanol–water partition coefficient (Wildman–Crippen LogP) is 3.06. The van der Waals surface area contributed by atoms with E-state index < -0.39 is 0 Å². The van der Waals surface area contributed by atoms with Crippen molar-refractivity contribution in [3.8, 4) is 6.07 Å². The lowest BCUT2D eigenvalue weighted by atomic mass is 9.98. The average Bonchev–Trinajstić information content (AvgIpc) is 2.66. The maximum absolute atomic E-state index is 14.0. The van der Waals surface area contributed by atoms with Crippen LogP contribution in [0.5, 0.6) is 0 Å². The van der Waals surface area contributed by atoms with Gasteiger partial charge in [0.1, 0.15) is 5.82 Å². The third kappa shape index (κ3) is 6.65. The third-order valence-electron chi connectivity index (χ3n) is 4.25. The molecule has 1 aromatic carbocycles. The quantitative estimate of drug-likeness (QED) is 0.299. The van der Waals surface area contributed by atoms with E-state index in [4.69, 9.17) is 10.00 Å². The van der Waals surface area contributed by atoms with Crippen LogP contribution in [0, 0.1) is 23.1 Å². The molecule has 27 heavy (non-hydrogen) atoms. The molecule has 6 nitrogen and oxygen atoms in total. The molecule has 0 aliphatic carbocycles. The summed E-state index contributed by atoms with van der Waals surface area (Å²) in [5, 5.41) is 12.2. The van der Waals surface area contributed by atoms with Gasteiger partial charge in [-0.15, -0.1) is 24.0 Å². The van der Waals surface area contributed by atoms with Gasteiger partial charge in [0, 0.05) is 25.2 Å². The Kier molecular flexibility index (Phi) is 10.1. The number of carbonyl (C=O) groups excluding carboxylic acids is 1. The van der Waals surface area contributed by atoms with Crippen molar-refractivity contribution < 1.29 is 13.9 Å². The summed E-state index contributed by atoms with van der Waals surface area (Å²) in [5.41, 5.74) is 0.778. The zero-order valence-corrected chi connectivity index (χ0v) is 18.0. The van der Waals surface area contributed by atoms with Gasteiger partial charge >= 0.3 is 5.97 Å². The van der Waals surface area contributed by atoms with E-state index in [1.54, 1.807) is 6.92 Å². The van der Waals surface area contributed by atoms with Crippen LogP contribution in [0.15, 0.2) is 23.2 Å². The number of ether oxygens (including phenoxy) is 1. The van der Waals surface area contributed by atoms with Crippen molar-refractivity contribution >= 4 is 35.9 Å². The normalized spacial score (nSPS) is 16.9. The summed E-state index contributed by atoms with van der Waals surface area (Å²) in [4.78, 5) is 18.6. The number of aliphatic imine (C=N–C) groups is 1. The molecule has 148 valence electrons. The van der Waals surface area contributed by atoms with Crippen LogP contribution in [0.1, 0.15) is 37.8 Å². The van der Waals surface area contributed by atoms with Gasteiger partial charge in [0.25, 0.3) is 0 Å². The first-order valence-electron chi connectivity index (χ1n) is 8.97. The highest BCUT2D eigenvalue weighted by molar-refractivity contribution is 14.0. The number of benzene rings is 1. The number of guanidine groups is 1. The van der Waals surface area contributed by atoms with Gasteiger partial charge in [0.05, 0.1) is 30.7 Å². The Bertz CT molecular complexity index is 705. The second-order valence-corrected chi connectivity index (χ2v) is 6.13. The number of nitriles is 1. The van der Waals surface area contributed by atoms with Crippen LogP contribution in [0.3, 0.4) is 0 Å². The van der Waals surface area contributed by atoms with Gasteiger partial charge in [-0.25, -0.2) is 9.38 Å². The highest BCUT2D eigenvalue weighted by Gasteiger charge is 2.28. The van der Waals surface area contributed by atoms with Crippen LogP contribution in [-0.4, -0.2) is 43.1 Å². The summed E-state index contributed by atoms with van der Waals surface area (Å²) in [6.07, 6.45) is 1.67. The summed E-state index contributed by atoms with van der Waals surface area (Å²) in [6.45, 7) is 6.24. The molecular weight excluding hydrogens is 462 g/mol. The summed E-state index contributed by atoms with van der Waals surface area (Å²) in [5.74, 6) is -0.0954. The summed E-state index contributed by atoms with van der Waals surface area (Å²) in [7, 11) is 0. The Balaban J connectivity index is 0.00000364. The smallest absolute Gasteiger partial charge is 0.310 e. The number of halogens is 2. The number of nitrogens with zero attached hydrogens (tertiary/aromatic N) is 3. The monoisotopic (exact) mass is 488 g/mol. The molecular formula is C19H26FIN4O2. The van der Waals surface area contributed by atoms with Crippen molar-refractivity contribution in [2.45, 2.75) is 33.2 Å². The molecule has 0 saturated carbocycles. The van der Waals surface area contributed by atoms with E-state index in [1.165, 1.54) is 18.2 Å². The van der Waals surface area contributed by atoms with E-state index in [-0.39, 0.29) is 48.2 Å². The van der Waals surface area contributed by atoms with Crippen molar-refractivity contribution in [1.29, 1.82) is 5.26 Å². The molecule has 1 aliphatic heterocycles. The summed E-state index contributed by atoms with van der Waals surface area (Å²) >= 11 is 0. The number of rotatable bonds is 5. The van der Waals surface area contributed by atoms with Crippen LogP contribution in [-0.2, 0) is 16.1 Å². The van der Waals surface area contributed by atoms with Crippen molar-refractivity contribution in [1.82, 2.24) is 10.2 Å². The molecule has 1 N–H and O–H groups in total. The fraction of sp³-hybridized carbons (Fsp3) is 0.526. The minimum atomic E-state index is -0.383. The molecule has 0 radical (unpaired) electrons. The van der Waals surface area contributed by atoms with E-state index in [0.29, 0.717) is 36.8 Å². The first-order valence-corrected chi connectivity index (χ1v) is 8.97. The fourth-order valence-electron chi connectivity index (χ4n) is 2.97. The summed E-state index contributed by atoms with van der Waals surface area (Å²) < 4.78 is 19.1. The number of nitrogens with one attached hydrogen (secondary N) is 1. The molecule has 1 unspecified atom stereocenters. The number of carbonyl (C=O) groups is 1. The lowest BCUT2D eigenvalue weighted by molar-refractivity contribution is -0.149. The molecule has 0 bridgehead atoms. The van der Waals surface area contributed by atoms with Gasteiger partial charge in [-0.05, 0) is 44.9 Å². The van der Waals surface area contributed by atoms with Crippen molar-refractivity contribution in [3.05, 3.63) is 35.1 Å². The SMILES string of the molecule is CCNC(=NCc1cc(C#N)ccc1F)N1CCCC(C(=O)OCC)C1.I. The number of hydrogen-bond acceptors (Lipinski definition) is 4. The first-order chi connectivity index (χ1) is 12.6. The Labute approximate surface area is 176 Å². The lowest BCUT2D eigenvalue weighted by Crippen LogP contribution is -2.48. The maximum Gasteiger partial charge on any atom is 0.310 e. The van der Waals surface area contributed by atoms with Crippen molar-refractivity contribution in [3.63, 3.8) is 0 Å². The van der Waals surface area contributed by atoms with E-state index in [0.717, 1.165) is 19.4 Å². The average molecular weight is 488 g/mol. The van der Waals surface area contributed by atoms with Crippen LogP contribution in [0.25, 0.3) is 0 Å². The number of likely N-dealkylation sites (tertiary alicyclic amines) is 1. The predicted molar refractivity (Wildman–Crippen MR) is 112 cm³/mol. The fourth-order valence-corrected chi connectivity index (χ4v) is 2.97. The molecule has 1 saturated heterocycles. The minimum Gasteiger partial charge on any atom is -0.466 e. The van der Waals surface area contributed by atoms with Gasteiger partial charge in [0.2, 0.25) is 0 Å². The molecule has 0 aromatic heterocycles. The second kappa shape index (κ2) is 11.7. The molecule has 1 fully saturated rings. The molecule has 1 aliphatic rings. The Hall–Kier alpha value is -1.89. The van der Waals surface area contributed by atoms with E-state index in [1.807, 2.05) is 17.9 Å². The topological polar surface area (TPSA) is 77.7 Å². The molecule has 2 rings (SSSR count). The zero-order valence-electron chi connectivity index (χ0n) is 15.7. The van der Waals surface area contributed by atoms with Crippen LogP contribution in [0.4, 0.5) is 4.39 Å². The number of esters is 1. The minimum absolute atomic E-state index is 0. The second-order valence-electron chi connectivity index (χ2n) is 6.13. The first kappa shape index (κ1) is 23.1. The van der Waals surface area contributed by atoms with Crippen molar-refractivity contribution in [2.24, 2.45) is 10.9 Å². The van der Waals surface area contributed by atoms with Gasteiger partial charge in [-0.2, -0.15) is 5.26 Å². The molecule has 1 atom stereocenters. The maximum atomic E-state index is 14.0. The lowest BCUT2D eigenvalue weighted by Gasteiger charge is -2.34. The van der Waals surface area contributed by atoms with Crippen molar-refractivity contribution in [2.75, 3.05) is 26.2 Å². The Morgan fingerprint density at radius 2 is 2.26 bits per heavy atom. The molecule has 0 amide bonds. The van der Waals surface area contributed by atoms with E-state index in [9.17, 15) is 9.18 Å². The highest BCUT2D eigenvalue weighted by Crippen LogP contribution is 2.19. The largest absolute Gasteiger partial charge is 0.466 e. The van der Waals surface area contributed by atoms with Crippen LogP contribution in [0.2, 0.25) is 0 Å². The van der Waals surface area contributed by atoms with E-state index >= 15 is 0 Å². The highest BCUT2D eigenvalue weighted by atomic mass is 127. The van der Waals surface area contributed by atoms with E-state index in [2.05, 4.69) is 10.3 Å². The zero-order chi connectivity index (χ0) is 18.9. The van der Waals surface area contributed by atoms with Gasteiger partial charge in [-0.3, -0.25) is 4.79 Å². The van der Waals surface area contributed by atoms with Gasteiger partial charge < -0.3 is 15.0 Å². The number of piperidine rings is 1. The Morgan fingerprint density at radius 3 is 2.93 bits per heavy atom. The summed E-state index contributed by atoms with van der Waals surface area (Å²) in [6, 6.07) is 6.25.